The van der Waals surface area contributed by atoms with Gasteiger partial charge < -0.3 is 15.4 Å². The summed E-state index contributed by atoms with van der Waals surface area (Å²) in [6, 6.07) is 5.44. The second kappa shape index (κ2) is 6.57. The molecule has 1 amide bonds. The average Bonchev–Trinajstić information content (AvgIpc) is 2.71. The van der Waals surface area contributed by atoms with E-state index in [0.29, 0.717) is 11.4 Å². The van der Waals surface area contributed by atoms with Crippen LogP contribution in [0, 0.1) is 24.0 Å². The topological polar surface area (TPSA) is 90.1 Å². The number of rotatable bonds is 4. The molecule has 0 aliphatic carbocycles. The van der Waals surface area contributed by atoms with Gasteiger partial charge in [0.2, 0.25) is 5.91 Å². The Kier molecular flexibility index (Phi) is 4.97. The molecule has 0 bridgehead atoms. The number of carbonyl (C=O) groups excluding carboxylic acids is 1. The van der Waals surface area contributed by atoms with Crippen LogP contribution in [0.15, 0.2) is 27.1 Å². The minimum Gasteiger partial charge on any atom is -0.358 e. The largest absolute Gasteiger partial charge is 0.404 e. The lowest BCUT2D eigenvalue weighted by molar-refractivity contribution is -0.390. The molecule has 0 radical (unpaired) electrons. The zero-order valence-electron chi connectivity index (χ0n) is 11.8. The number of nitrogens with zero attached hydrogens (tertiary/aromatic N) is 3. The van der Waals surface area contributed by atoms with Crippen LogP contribution in [0.5, 0.6) is 0 Å². The zero-order chi connectivity index (χ0) is 16.4. The van der Waals surface area contributed by atoms with Crippen LogP contribution in [0.1, 0.15) is 11.3 Å². The van der Waals surface area contributed by atoms with Gasteiger partial charge in [-0.1, -0.05) is 15.9 Å². The Morgan fingerprint density at radius 1 is 1.41 bits per heavy atom. The molecule has 0 unspecified atom stereocenters. The Labute approximate surface area is 143 Å². The molecule has 1 aromatic carbocycles. The normalized spacial score (nSPS) is 10.5. The fourth-order valence-electron chi connectivity index (χ4n) is 1.84. The Hall–Kier alpha value is -1.74. The van der Waals surface area contributed by atoms with Gasteiger partial charge in [-0.3, -0.25) is 4.79 Å². The Bertz CT molecular complexity index is 758. The van der Waals surface area contributed by atoms with Crippen molar-refractivity contribution in [1.82, 2.24) is 9.78 Å². The van der Waals surface area contributed by atoms with Crippen molar-refractivity contribution >= 4 is 49.3 Å². The van der Waals surface area contributed by atoms with Crippen molar-refractivity contribution in [3.63, 3.8) is 0 Å². The summed E-state index contributed by atoms with van der Waals surface area (Å²) in [5.74, 6) is -0.612. The van der Waals surface area contributed by atoms with Crippen LogP contribution in [0.3, 0.4) is 0 Å². The number of nitrogens with one attached hydrogen (secondary N) is 1. The first kappa shape index (κ1) is 16.6. The second-order valence-corrected chi connectivity index (χ2v) is 6.30. The number of halogens is 2. The van der Waals surface area contributed by atoms with Crippen LogP contribution in [0.4, 0.5) is 11.5 Å². The number of amides is 1. The molecule has 22 heavy (non-hydrogen) atoms. The second-order valence-electron chi connectivity index (χ2n) is 4.65. The van der Waals surface area contributed by atoms with Gasteiger partial charge in [0.15, 0.2) is 0 Å². The maximum atomic E-state index is 12.1. The lowest BCUT2D eigenvalue weighted by atomic mass is 10.2. The molecule has 9 heteroatoms. The monoisotopic (exact) mass is 430 g/mol. The molecule has 116 valence electrons. The van der Waals surface area contributed by atoms with Crippen molar-refractivity contribution in [2.24, 2.45) is 0 Å². The lowest BCUT2D eigenvalue weighted by Gasteiger charge is -2.06. The highest BCUT2D eigenvalue weighted by molar-refractivity contribution is 9.11. The van der Waals surface area contributed by atoms with E-state index < -0.39 is 4.92 Å². The van der Waals surface area contributed by atoms with E-state index in [-0.39, 0.29) is 22.7 Å². The lowest BCUT2D eigenvalue weighted by Crippen LogP contribution is -2.20. The number of aryl methyl sites for hydroxylation is 1. The fourth-order valence-corrected chi connectivity index (χ4v) is 2.51. The van der Waals surface area contributed by atoms with E-state index in [1.54, 1.807) is 13.0 Å². The molecule has 0 saturated heterocycles. The van der Waals surface area contributed by atoms with Crippen molar-refractivity contribution in [2.45, 2.75) is 20.4 Å². The predicted molar refractivity (Wildman–Crippen MR) is 88.8 cm³/mol. The molecule has 2 aromatic rings. The molecule has 0 aliphatic rings. The average molecular weight is 432 g/mol. The highest BCUT2D eigenvalue weighted by Gasteiger charge is 2.24. The quantitative estimate of drug-likeness (QED) is 0.591. The van der Waals surface area contributed by atoms with Gasteiger partial charge in [-0.05, 0) is 58.5 Å². The number of anilines is 1. The van der Waals surface area contributed by atoms with Crippen molar-refractivity contribution in [2.75, 3.05) is 5.32 Å². The standard InChI is InChI=1S/C13H12Br2N4O3/c1-7-5-9(3-4-10(7)14)16-11(20)6-18-8(2)12(15)13(17-18)19(21)22/h3-5H,6H2,1-2H3,(H,16,20). The van der Waals surface area contributed by atoms with Crippen molar-refractivity contribution in [3.8, 4) is 0 Å². The molecule has 1 heterocycles. The van der Waals surface area contributed by atoms with Gasteiger partial charge in [0.05, 0.1) is 10.8 Å². The number of nitro groups is 1. The summed E-state index contributed by atoms with van der Waals surface area (Å²) in [6.07, 6.45) is 0. The summed E-state index contributed by atoms with van der Waals surface area (Å²) in [5.41, 5.74) is 2.17. The minimum atomic E-state index is -0.594. The first-order valence-corrected chi connectivity index (χ1v) is 7.81. The molecule has 1 N–H and O–H groups in total. The third-order valence-corrected chi connectivity index (χ3v) is 4.84. The van der Waals surface area contributed by atoms with Gasteiger partial charge in [-0.15, -0.1) is 0 Å². The molecule has 0 spiro atoms. The number of carbonyl (C=O) groups is 1. The smallest absolute Gasteiger partial charge is 0.358 e. The van der Waals surface area contributed by atoms with Gasteiger partial charge in [0, 0.05) is 10.2 Å². The van der Waals surface area contributed by atoms with Gasteiger partial charge in [0.25, 0.3) is 0 Å². The molecule has 1 aromatic heterocycles. The highest BCUT2D eigenvalue weighted by atomic mass is 79.9. The summed E-state index contributed by atoms with van der Waals surface area (Å²) in [4.78, 5) is 22.3. The van der Waals surface area contributed by atoms with Crippen LogP contribution < -0.4 is 5.32 Å². The van der Waals surface area contributed by atoms with Crippen molar-refractivity contribution < 1.29 is 9.72 Å². The first-order chi connectivity index (χ1) is 10.3. The number of hydrogen-bond donors (Lipinski definition) is 1. The van der Waals surface area contributed by atoms with E-state index >= 15 is 0 Å². The SMILES string of the molecule is Cc1cc(NC(=O)Cn2nc([N+](=O)[O-])c(Br)c2C)ccc1Br. The van der Waals surface area contributed by atoms with Crippen molar-refractivity contribution in [3.05, 3.63) is 48.5 Å². The van der Waals surface area contributed by atoms with E-state index in [1.807, 2.05) is 19.1 Å². The maximum absolute atomic E-state index is 12.1. The molecule has 0 saturated carbocycles. The summed E-state index contributed by atoms with van der Waals surface area (Å²) in [5, 5.41) is 17.4. The van der Waals surface area contributed by atoms with E-state index in [2.05, 4.69) is 42.3 Å². The molecule has 2 rings (SSSR count). The van der Waals surface area contributed by atoms with Gasteiger partial charge in [-0.2, -0.15) is 4.68 Å². The van der Waals surface area contributed by atoms with E-state index in [1.165, 1.54) is 4.68 Å². The summed E-state index contributed by atoms with van der Waals surface area (Å²) in [6.45, 7) is 3.46. The number of aromatic nitrogens is 2. The van der Waals surface area contributed by atoms with Crippen molar-refractivity contribution in [1.29, 1.82) is 0 Å². The molecule has 7 nitrogen and oxygen atoms in total. The molecular formula is C13H12Br2N4O3. The summed E-state index contributed by atoms with van der Waals surface area (Å²) >= 11 is 6.50. The Balaban J connectivity index is 2.14. The Morgan fingerprint density at radius 3 is 2.64 bits per heavy atom. The minimum absolute atomic E-state index is 0.104. The third-order valence-electron chi connectivity index (χ3n) is 3.02. The number of hydrogen-bond acceptors (Lipinski definition) is 4. The molecule has 0 atom stereocenters. The van der Waals surface area contributed by atoms with Crippen LogP contribution in [0.2, 0.25) is 0 Å². The van der Waals surface area contributed by atoms with E-state index in [9.17, 15) is 14.9 Å². The van der Waals surface area contributed by atoms with Gasteiger partial charge in [-0.25, -0.2) is 0 Å². The van der Waals surface area contributed by atoms with Gasteiger partial charge >= 0.3 is 5.82 Å². The van der Waals surface area contributed by atoms with Crippen LogP contribution in [0.25, 0.3) is 0 Å². The third kappa shape index (κ3) is 3.53. The van der Waals surface area contributed by atoms with Crippen LogP contribution in [-0.4, -0.2) is 20.6 Å². The molecule has 0 fully saturated rings. The van der Waals surface area contributed by atoms with Crippen LogP contribution in [-0.2, 0) is 11.3 Å². The summed E-state index contributed by atoms with van der Waals surface area (Å²) in [7, 11) is 0. The van der Waals surface area contributed by atoms with E-state index in [0.717, 1.165) is 10.0 Å². The fraction of sp³-hybridized carbons (Fsp3) is 0.231. The number of benzene rings is 1. The highest BCUT2D eigenvalue weighted by Crippen LogP contribution is 2.27. The first-order valence-electron chi connectivity index (χ1n) is 6.23. The van der Waals surface area contributed by atoms with Crippen LogP contribution >= 0.6 is 31.9 Å². The predicted octanol–water partition coefficient (Wildman–Crippen LogP) is 3.57. The Morgan fingerprint density at radius 2 is 2.09 bits per heavy atom. The maximum Gasteiger partial charge on any atom is 0.404 e. The van der Waals surface area contributed by atoms with E-state index in [4.69, 9.17) is 0 Å². The zero-order valence-corrected chi connectivity index (χ0v) is 14.9. The van der Waals surface area contributed by atoms with Gasteiger partial charge in [0.1, 0.15) is 11.0 Å². The summed E-state index contributed by atoms with van der Waals surface area (Å²) < 4.78 is 2.53. The molecular weight excluding hydrogens is 420 g/mol. The molecule has 0 aliphatic heterocycles.